The van der Waals surface area contributed by atoms with Crippen LogP contribution < -0.4 is 10.5 Å². The molecule has 1 aliphatic heterocycles. The Hall–Kier alpha value is -3.74. The molecule has 0 aliphatic carbocycles. The number of piperazine rings is 1. The molecule has 1 aliphatic rings. The number of aromatic nitrogens is 2. The van der Waals surface area contributed by atoms with Gasteiger partial charge in [0.1, 0.15) is 0 Å². The molecule has 0 unspecified atom stereocenters. The largest absolute Gasteiger partial charge is 0.378 e. The first-order valence-electron chi connectivity index (χ1n) is 13.0. The number of hydrogen-bond donors (Lipinski definition) is 1. The second-order valence-corrected chi connectivity index (χ2v) is 9.48. The lowest BCUT2D eigenvalue weighted by Gasteiger charge is -2.40. The topological polar surface area (TPSA) is 61.5 Å². The Morgan fingerprint density at radius 2 is 1.38 bits per heavy atom. The highest BCUT2D eigenvalue weighted by Crippen LogP contribution is 2.30. The number of benzene rings is 3. The summed E-state index contributed by atoms with van der Waals surface area (Å²) in [5.41, 5.74) is 5.16. The van der Waals surface area contributed by atoms with Crippen LogP contribution in [-0.2, 0) is 24.2 Å². The van der Waals surface area contributed by atoms with E-state index in [1.54, 1.807) is 7.11 Å². The van der Waals surface area contributed by atoms with Crippen LogP contribution in [0.1, 0.15) is 34.0 Å². The molecule has 1 aromatic heterocycles. The van der Waals surface area contributed by atoms with E-state index in [1.807, 2.05) is 18.2 Å². The van der Waals surface area contributed by atoms with Crippen molar-refractivity contribution in [1.82, 2.24) is 14.9 Å². The average molecular weight is 495 g/mol. The summed E-state index contributed by atoms with van der Waals surface area (Å²) in [6.07, 6.45) is 1.43. The molecule has 0 radical (unpaired) electrons. The first-order chi connectivity index (χ1) is 18.2. The summed E-state index contributed by atoms with van der Waals surface area (Å²) in [4.78, 5) is 25.8. The van der Waals surface area contributed by atoms with Crippen LogP contribution in [0, 0.1) is 0 Å². The molecular formula is C31H34N4O2. The maximum atomic E-state index is 13.2. The summed E-state index contributed by atoms with van der Waals surface area (Å²) in [6.45, 7) is 3.63. The Labute approximate surface area is 218 Å². The first kappa shape index (κ1) is 24.9. The summed E-state index contributed by atoms with van der Waals surface area (Å²) in [6, 6.07) is 31.8. The van der Waals surface area contributed by atoms with Crippen LogP contribution in [-0.4, -0.2) is 48.2 Å². The van der Waals surface area contributed by atoms with Gasteiger partial charge in [0.05, 0.1) is 18.3 Å². The summed E-state index contributed by atoms with van der Waals surface area (Å²) in [7, 11) is 1.65. The average Bonchev–Trinajstić information content (AvgIpc) is 2.95. The molecule has 0 atom stereocenters. The number of nitrogens with zero attached hydrogens (tertiary/aromatic N) is 3. The fraction of sp³-hybridized carbons (Fsp3) is 0.290. The van der Waals surface area contributed by atoms with Gasteiger partial charge in [-0.25, -0.2) is 4.98 Å². The Morgan fingerprint density at radius 3 is 1.95 bits per heavy atom. The van der Waals surface area contributed by atoms with E-state index in [4.69, 9.17) is 9.72 Å². The molecule has 0 spiro atoms. The maximum Gasteiger partial charge on any atom is 0.255 e. The Morgan fingerprint density at radius 1 is 0.811 bits per heavy atom. The number of rotatable bonds is 9. The van der Waals surface area contributed by atoms with Crippen molar-refractivity contribution in [1.29, 1.82) is 0 Å². The van der Waals surface area contributed by atoms with E-state index in [9.17, 15) is 4.79 Å². The standard InChI is InChI=1S/C31H34N4O2/c1-37-23-28-27(18-17-24-11-5-2-6-12-24)30(36)33-31(32-28)35-21-19-34(20-22-35)29(25-13-7-3-8-14-25)26-15-9-4-10-16-26/h2-16,29H,17-23H2,1H3,(H,32,33,36). The van der Waals surface area contributed by atoms with Crippen molar-refractivity contribution in [3.63, 3.8) is 0 Å². The van der Waals surface area contributed by atoms with Crippen molar-refractivity contribution >= 4 is 5.95 Å². The lowest BCUT2D eigenvalue weighted by molar-refractivity contribution is 0.180. The molecule has 190 valence electrons. The van der Waals surface area contributed by atoms with Crippen molar-refractivity contribution < 1.29 is 4.74 Å². The summed E-state index contributed by atoms with van der Waals surface area (Å²) in [5, 5.41) is 0. The van der Waals surface area contributed by atoms with Crippen molar-refractivity contribution in [2.45, 2.75) is 25.5 Å². The molecule has 2 heterocycles. The summed E-state index contributed by atoms with van der Waals surface area (Å²) >= 11 is 0. The Bertz CT molecular complexity index is 1280. The van der Waals surface area contributed by atoms with Gasteiger partial charge in [0, 0.05) is 38.9 Å². The molecule has 0 bridgehead atoms. The van der Waals surface area contributed by atoms with Crippen LogP contribution in [0.3, 0.4) is 0 Å². The van der Waals surface area contributed by atoms with Gasteiger partial charge >= 0.3 is 0 Å². The van der Waals surface area contributed by atoms with E-state index in [0.717, 1.165) is 38.3 Å². The van der Waals surface area contributed by atoms with E-state index < -0.39 is 0 Å². The molecular weight excluding hydrogens is 460 g/mol. The van der Waals surface area contributed by atoms with Crippen LogP contribution >= 0.6 is 0 Å². The number of ether oxygens (including phenoxy) is 1. The molecule has 3 aromatic carbocycles. The predicted octanol–water partition coefficient (Wildman–Crippen LogP) is 4.61. The van der Waals surface area contributed by atoms with Gasteiger partial charge in [0.15, 0.2) is 0 Å². The highest BCUT2D eigenvalue weighted by Gasteiger charge is 2.27. The van der Waals surface area contributed by atoms with E-state index in [-0.39, 0.29) is 11.6 Å². The van der Waals surface area contributed by atoms with Crippen LogP contribution in [0.4, 0.5) is 5.95 Å². The van der Waals surface area contributed by atoms with Crippen LogP contribution in [0.15, 0.2) is 95.8 Å². The minimum atomic E-state index is -0.0677. The van der Waals surface area contributed by atoms with Gasteiger partial charge < -0.3 is 9.64 Å². The molecule has 0 amide bonds. The van der Waals surface area contributed by atoms with Gasteiger partial charge in [-0.1, -0.05) is 91.0 Å². The lowest BCUT2D eigenvalue weighted by Crippen LogP contribution is -2.49. The van der Waals surface area contributed by atoms with Gasteiger partial charge in [-0.15, -0.1) is 0 Å². The minimum Gasteiger partial charge on any atom is -0.378 e. The summed E-state index contributed by atoms with van der Waals surface area (Å²) in [5.74, 6) is 0.635. The highest BCUT2D eigenvalue weighted by atomic mass is 16.5. The minimum absolute atomic E-state index is 0.0677. The monoisotopic (exact) mass is 494 g/mol. The molecule has 1 N–H and O–H groups in total. The number of nitrogens with one attached hydrogen (secondary N) is 1. The van der Waals surface area contributed by atoms with Gasteiger partial charge in [-0.05, 0) is 29.5 Å². The van der Waals surface area contributed by atoms with Crippen molar-refractivity contribution in [3.8, 4) is 0 Å². The molecule has 4 aromatic rings. The Balaban J connectivity index is 1.33. The van der Waals surface area contributed by atoms with Gasteiger partial charge in [0.25, 0.3) is 5.56 Å². The van der Waals surface area contributed by atoms with Gasteiger partial charge in [-0.2, -0.15) is 0 Å². The first-order valence-corrected chi connectivity index (χ1v) is 13.0. The lowest BCUT2D eigenvalue weighted by atomic mass is 9.96. The van der Waals surface area contributed by atoms with E-state index in [1.165, 1.54) is 16.7 Å². The summed E-state index contributed by atoms with van der Waals surface area (Å²) < 4.78 is 5.42. The molecule has 37 heavy (non-hydrogen) atoms. The van der Waals surface area contributed by atoms with Crippen molar-refractivity contribution in [2.24, 2.45) is 0 Å². The molecule has 1 saturated heterocycles. The van der Waals surface area contributed by atoms with Gasteiger partial charge in [-0.3, -0.25) is 14.7 Å². The van der Waals surface area contributed by atoms with E-state index in [0.29, 0.717) is 24.5 Å². The smallest absolute Gasteiger partial charge is 0.255 e. The number of methoxy groups -OCH3 is 1. The predicted molar refractivity (Wildman–Crippen MR) is 148 cm³/mol. The van der Waals surface area contributed by atoms with Crippen molar-refractivity contribution in [3.05, 3.63) is 129 Å². The van der Waals surface area contributed by atoms with E-state index in [2.05, 4.69) is 87.6 Å². The number of H-pyrrole nitrogens is 1. The molecule has 6 heteroatoms. The van der Waals surface area contributed by atoms with Crippen LogP contribution in [0.2, 0.25) is 0 Å². The third-order valence-electron chi connectivity index (χ3n) is 7.09. The quantitative estimate of drug-likeness (QED) is 0.368. The second kappa shape index (κ2) is 12.0. The molecule has 0 saturated carbocycles. The molecule has 1 fully saturated rings. The SMILES string of the molecule is COCc1nc(N2CCN(C(c3ccccc3)c3ccccc3)CC2)[nH]c(=O)c1CCc1ccccc1. The number of aromatic amines is 1. The zero-order valence-electron chi connectivity index (χ0n) is 21.3. The number of anilines is 1. The third-order valence-corrected chi connectivity index (χ3v) is 7.09. The molecule has 6 nitrogen and oxygen atoms in total. The fourth-order valence-electron chi connectivity index (χ4n) is 5.19. The highest BCUT2D eigenvalue weighted by molar-refractivity contribution is 5.36. The molecule has 5 rings (SSSR count). The number of aryl methyl sites for hydroxylation is 1. The maximum absolute atomic E-state index is 13.2. The fourth-order valence-corrected chi connectivity index (χ4v) is 5.19. The third kappa shape index (κ3) is 5.98. The zero-order chi connectivity index (χ0) is 25.5. The van der Waals surface area contributed by atoms with Gasteiger partial charge in [0.2, 0.25) is 5.95 Å². The number of hydrogen-bond acceptors (Lipinski definition) is 5. The van der Waals surface area contributed by atoms with Crippen LogP contribution in [0.25, 0.3) is 0 Å². The van der Waals surface area contributed by atoms with Crippen LogP contribution in [0.5, 0.6) is 0 Å². The zero-order valence-corrected chi connectivity index (χ0v) is 21.3. The second-order valence-electron chi connectivity index (χ2n) is 9.48. The van der Waals surface area contributed by atoms with Crippen molar-refractivity contribution in [2.75, 3.05) is 38.2 Å². The normalized spacial score (nSPS) is 14.3. The Kier molecular flexibility index (Phi) is 8.08. The van der Waals surface area contributed by atoms with E-state index >= 15 is 0 Å².